The Hall–Kier alpha value is -2.10. The summed E-state index contributed by atoms with van der Waals surface area (Å²) in [6, 6.07) is 4.54. The Labute approximate surface area is 106 Å². The molecule has 0 saturated carbocycles. The van der Waals surface area contributed by atoms with Crippen LogP contribution in [-0.2, 0) is 6.54 Å². The maximum absolute atomic E-state index is 13.3. The largest absolute Gasteiger partial charge is 0.496 e. The zero-order valence-corrected chi connectivity index (χ0v) is 10.6. The average Bonchev–Trinajstić information content (AvgIpc) is 2.71. The van der Waals surface area contributed by atoms with Gasteiger partial charge >= 0.3 is 0 Å². The first kappa shape index (κ1) is 12.4. The molecule has 0 fully saturated rings. The monoisotopic (exact) mass is 247 g/mol. The molecule has 4 heteroatoms. The van der Waals surface area contributed by atoms with Crippen molar-refractivity contribution in [1.82, 2.24) is 4.57 Å². The number of aromatic nitrogens is 2. The van der Waals surface area contributed by atoms with Crippen LogP contribution < -0.4 is 9.30 Å². The van der Waals surface area contributed by atoms with Gasteiger partial charge in [0.05, 0.1) is 13.3 Å². The first-order valence-electron chi connectivity index (χ1n) is 5.67. The van der Waals surface area contributed by atoms with Gasteiger partial charge in [-0.2, -0.15) is 0 Å². The van der Waals surface area contributed by atoms with E-state index in [1.54, 1.807) is 19.4 Å². The Morgan fingerprint density at radius 1 is 1.50 bits per heavy atom. The summed E-state index contributed by atoms with van der Waals surface area (Å²) in [6.07, 6.45) is 5.57. The van der Waals surface area contributed by atoms with Crippen molar-refractivity contribution < 1.29 is 13.7 Å². The average molecular weight is 247 g/mol. The molecule has 2 aromatic rings. The fraction of sp³-hybridized carbons (Fsp3) is 0.214. The lowest BCUT2D eigenvalue weighted by molar-refractivity contribution is -0.693. The van der Waals surface area contributed by atoms with Crippen molar-refractivity contribution in [2.75, 3.05) is 7.11 Å². The van der Waals surface area contributed by atoms with Gasteiger partial charge < -0.3 is 4.74 Å². The van der Waals surface area contributed by atoms with E-state index >= 15 is 0 Å². The molecule has 0 radical (unpaired) electrons. The second kappa shape index (κ2) is 5.04. The predicted octanol–water partition coefficient (Wildman–Crippen LogP) is 2.38. The standard InChI is InChI=1S/C14H16FN2O/c1-4-16-7-8-17(11(16)2)10-12-9-13(15)5-6-14(12)18-3/h4-9H,1,10H2,2-3H3/q+1. The number of imidazole rings is 1. The number of hydrogen-bond donors (Lipinski definition) is 0. The molecule has 0 saturated heterocycles. The number of rotatable bonds is 4. The summed E-state index contributed by atoms with van der Waals surface area (Å²) in [5.74, 6) is 1.46. The maximum atomic E-state index is 13.3. The molecule has 18 heavy (non-hydrogen) atoms. The molecular weight excluding hydrogens is 231 g/mol. The van der Waals surface area contributed by atoms with Crippen LogP contribution >= 0.6 is 0 Å². The van der Waals surface area contributed by atoms with E-state index in [1.807, 2.05) is 28.5 Å². The summed E-state index contributed by atoms with van der Waals surface area (Å²) in [7, 11) is 1.59. The van der Waals surface area contributed by atoms with Crippen LogP contribution in [0.4, 0.5) is 4.39 Å². The van der Waals surface area contributed by atoms with E-state index in [0.29, 0.717) is 12.3 Å². The van der Waals surface area contributed by atoms with Crippen LogP contribution in [-0.4, -0.2) is 11.7 Å². The van der Waals surface area contributed by atoms with Gasteiger partial charge in [-0.3, -0.25) is 0 Å². The Kier molecular flexibility index (Phi) is 3.46. The predicted molar refractivity (Wildman–Crippen MR) is 67.8 cm³/mol. The quantitative estimate of drug-likeness (QED) is 0.759. The highest BCUT2D eigenvalue weighted by molar-refractivity contribution is 5.33. The van der Waals surface area contributed by atoms with Gasteiger partial charge in [0.1, 0.15) is 30.5 Å². The lowest BCUT2D eigenvalue weighted by atomic mass is 10.2. The molecule has 0 aliphatic carbocycles. The van der Waals surface area contributed by atoms with E-state index in [4.69, 9.17) is 4.74 Å². The van der Waals surface area contributed by atoms with Crippen LogP contribution in [0.2, 0.25) is 0 Å². The number of halogens is 1. The minimum atomic E-state index is -0.257. The van der Waals surface area contributed by atoms with Crippen LogP contribution in [0.1, 0.15) is 11.4 Å². The molecular formula is C14H16FN2O+. The van der Waals surface area contributed by atoms with Crippen LogP contribution in [0.3, 0.4) is 0 Å². The van der Waals surface area contributed by atoms with E-state index in [0.717, 1.165) is 11.4 Å². The summed E-state index contributed by atoms with van der Waals surface area (Å²) in [4.78, 5) is 0. The summed E-state index contributed by atoms with van der Waals surface area (Å²) in [6.45, 7) is 6.27. The van der Waals surface area contributed by atoms with Gasteiger partial charge in [-0.05, 0) is 18.2 Å². The van der Waals surface area contributed by atoms with E-state index < -0.39 is 0 Å². The lowest BCUT2D eigenvalue weighted by Crippen LogP contribution is -2.35. The first-order valence-corrected chi connectivity index (χ1v) is 5.67. The fourth-order valence-electron chi connectivity index (χ4n) is 1.93. The maximum Gasteiger partial charge on any atom is 0.258 e. The zero-order chi connectivity index (χ0) is 13.1. The van der Waals surface area contributed by atoms with Crippen molar-refractivity contribution in [2.45, 2.75) is 13.5 Å². The molecule has 2 rings (SSSR count). The number of methoxy groups -OCH3 is 1. The van der Waals surface area contributed by atoms with E-state index in [1.165, 1.54) is 12.1 Å². The molecule has 3 nitrogen and oxygen atoms in total. The third kappa shape index (κ3) is 2.27. The van der Waals surface area contributed by atoms with Gasteiger partial charge in [-0.15, -0.1) is 0 Å². The molecule has 0 amide bonds. The van der Waals surface area contributed by atoms with Gasteiger partial charge in [0, 0.05) is 12.5 Å². The third-order valence-electron chi connectivity index (χ3n) is 2.98. The minimum absolute atomic E-state index is 0.257. The Balaban J connectivity index is 2.35. The van der Waals surface area contributed by atoms with Crippen molar-refractivity contribution in [3.05, 3.63) is 54.4 Å². The van der Waals surface area contributed by atoms with Crippen LogP contribution in [0.5, 0.6) is 5.75 Å². The highest BCUT2D eigenvalue weighted by Gasteiger charge is 2.13. The van der Waals surface area contributed by atoms with Crippen molar-refractivity contribution in [3.8, 4) is 5.75 Å². The molecule has 0 unspecified atom stereocenters. The lowest BCUT2D eigenvalue weighted by Gasteiger charge is -2.07. The second-order valence-corrected chi connectivity index (χ2v) is 4.02. The van der Waals surface area contributed by atoms with Crippen LogP contribution in [0, 0.1) is 12.7 Å². The normalized spacial score (nSPS) is 10.4. The van der Waals surface area contributed by atoms with Crippen LogP contribution in [0.25, 0.3) is 6.20 Å². The summed E-state index contributed by atoms with van der Waals surface area (Å²) in [5.41, 5.74) is 0.812. The van der Waals surface area contributed by atoms with E-state index in [-0.39, 0.29) is 5.82 Å². The molecule has 1 aromatic heterocycles. The van der Waals surface area contributed by atoms with E-state index in [2.05, 4.69) is 6.58 Å². The fourth-order valence-corrected chi connectivity index (χ4v) is 1.93. The molecule has 1 heterocycles. The molecule has 0 N–H and O–H groups in total. The highest BCUT2D eigenvalue weighted by Crippen LogP contribution is 2.19. The Morgan fingerprint density at radius 3 is 2.89 bits per heavy atom. The van der Waals surface area contributed by atoms with Gasteiger partial charge in [0.25, 0.3) is 5.82 Å². The molecule has 0 aliphatic heterocycles. The topological polar surface area (TPSA) is 18.0 Å². The third-order valence-corrected chi connectivity index (χ3v) is 2.98. The van der Waals surface area contributed by atoms with Crippen molar-refractivity contribution in [2.24, 2.45) is 0 Å². The Morgan fingerprint density at radius 2 is 2.28 bits per heavy atom. The zero-order valence-electron chi connectivity index (χ0n) is 10.6. The molecule has 0 bridgehead atoms. The summed E-state index contributed by atoms with van der Waals surface area (Å²) in [5, 5.41) is 0. The van der Waals surface area contributed by atoms with Crippen molar-refractivity contribution in [1.29, 1.82) is 0 Å². The highest BCUT2D eigenvalue weighted by atomic mass is 19.1. The van der Waals surface area contributed by atoms with Crippen molar-refractivity contribution in [3.63, 3.8) is 0 Å². The smallest absolute Gasteiger partial charge is 0.258 e. The minimum Gasteiger partial charge on any atom is -0.496 e. The van der Waals surface area contributed by atoms with Gasteiger partial charge in [0.2, 0.25) is 0 Å². The SMILES string of the molecule is C=Cn1cc[n+](Cc2cc(F)ccc2OC)c1C. The molecule has 0 aliphatic rings. The molecule has 0 spiro atoms. The summed E-state index contributed by atoms with van der Waals surface area (Å²) >= 11 is 0. The second-order valence-electron chi connectivity index (χ2n) is 4.02. The number of benzene rings is 1. The summed E-state index contributed by atoms with van der Waals surface area (Å²) < 4.78 is 22.4. The number of hydrogen-bond acceptors (Lipinski definition) is 1. The molecule has 94 valence electrons. The van der Waals surface area contributed by atoms with Gasteiger partial charge in [-0.25, -0.2) is 13.5 Å². The molecule has 0 atom stereocenters. The number of ether oxygens (including phenoxy) is 1. The number of nitrogens with zero attached hydrogens (tertiary/aromatic N) is 2. The van der Waals surface area contributed by atoms with Crippen LogP contribution in [0.15, 0.2) is 37.2 Å². The Bertz CT molecular complexity index is 575. The van der Waals surface area contributed by atoms with Gasteiger partial charge in [-0.1, -0.05) is 6.58 Å². The first-order chi connectivity index (χ1) is 8.65. The van der Waals surface area contributed by atoms with E-state index in [9.17, 15) is 4.39 Å². The molecule has 1 aromatic carbocycles. The van der Waals surface area contributed by atoms with Gasteiger partial charge in [0.15, 0.2) is 0 Å². The van der Waals surface area contributed by atoms with Crippen molar-refractivity contribution >= 4 is 6.20 Å².